The molecule has 1 N–H and O–H groups in total. The molecule has 0 atom stereocenters. The molecule has 0 aliphatic carbocycles. The lowest BCUT2D eigenvalue weighted by molar-refractivity contribution is -0.115. The fourth-order valence-electron chi connectivity index (χ4n) is 1.03. The molecule has 0 fully saturated rings. The summed E-state index contributed by atoms with van der Waals surface area (Å²) < 4.78 is -2.36. The number of hydrogen-bond acceptors (Lipinski definition) is 2. The van der Waals surface area contributed by atoms with Crippen molar-refractivity contribution in [2.75, 3.05) is 5.32 Å². The number of alkyl halides is 3. The normalized spacial score (nSPS) is 11.1. The lowest BCUT2D eigenvalue weighted by Gasteiger charge is -2.12. The average Bonchev–Trinajstić information content (AvgIpc) is 2.21. The number of carbonyl (C=O) groups is 1. The van der Waals surface area contributed by atoms with Gasteiger partial charge in [0.25, 0.3) is 9.70 Å². The molecule has 0 heterocycles. The number of aliphatic imine (C=N–C) groups is 1. The van der Waals surface area contributed by atoms with E-state index < -0.39 is 9.70 Å². The second kappa shape index (κ2) is 6.90. The Balaban J connectivity index is 3.09. The predicted octanol–water partition coefficient (Wildman–Crippen LogP) is 5.77. The van der Waals surface area contributed by atoms with E-state index in [1.807, 2.05) is 0 Å². The number of hydrogen-bond donors (Lipinski definition) is 1. The fraction of sp³-hybridized carbons (Fsp3) is 0.111. The summed E-state index contributed by atoms with van der Waals surface area (Å²) in [4.78, 5) is 15.2. The largest absolute Gasteiger partial charge is 0.322 e. The molecule has 1 amide bonds. The van der Waals surface area contributed by atoms with Crippen molar-refractivity contribution >= 4 is 103 Å². The third kappa shape index (κ3) is 5.35. The van der Waals surface area contributed by atoms with Crippen molar-refractivity contribution < 1.29 is 4.79 Å². The monoisotopic (exact) mass is 400 g/mol. The molecule has 3 nitrogen and oxygen atoms in total. The first-order valence-electron chi connectivity index (χ1n) is 4.38. The Labute approximate surface area is 143 Å². The first-order chi connectivity index (χ1) is 8.61. The SMILES string of the molecule is O=C(Nc1cc(Cl)c(N=C(Cl)Cl)c(Cl)c1)C(Cl)(Cl)Cl. The zero-order valence-corrected chi connectivity index (χ0v) is 13.9. The summed E-state index contributed by atoms with van der Waals surface area (Å²) >= 11 is 38.9. The number of nitrogens with one attached hydrogen (secondary N) is 1. The Morgan fingerprint density at radius 2 is 1.58 bits per heavy atom. The first kappa shape index (κ1) is 17.4. The van der Waals surface area contributed by atoms with Crippen LogP contribution in [0.25, 0.3) is 0 Å². The summed E-state index contributed by atoms with van der Waals surface area (Å²) in [7, 11) is 0. The van der Waals surface area contributed by atoms with Crippen LogP contribution in [0, 0.1) is 0 Å². The maximum atomic E-state index is 11.5. The van der Waals surface area contributed by atoms with Gasteiger partial charge in [0.15, 0.2) is 4.63 Å². The summed E-state index contributed by atoms with van der Waals surface area (Å²) in [6, 6.07) is 2.72. The molecule has 1 rings (SSSR count). The molecule has 0 aliphatic rings. The molecular weight excluding hydrogens is 400 g/mol. The van der Waals surface area contributed by atoms with Crippen molar-refractivity contribution in [3.8, 4) is 0 Å². The van der Waals surface area contributed by atoms with Crippen LogP contribution in [0.3, 0.4) is 0 Å². The summed E-state index contributed by atoms with van der Waals surface area (Å²) in [5.41, 5.74) is 0.395. The maximum Gasteiger partial charge on any atom is 0.276 e. The lowest BCUT2D eigenvalue weighted by atomic mass is 10.2. The Bertz CT molecular complexity index is 511. The highest BCUT2D eigenvalue weighted by molar-refractivity contribution is 6.95. The zero-order chi connectivity index (χ0) is 14.8. The van der Waals surface area contributed by atoms with E-state index >= 15 is 0 Å². The maximum absolute atomic E-state index is 11.5. The van der Waals surface area contributed by atoms with Crippen LogP contribution < -0.4 is 5.32 Å². The summed E-state index contributed by atoms with van der Waals surface area (Å²) in [5, 5.41) is 2.56. The minimum atomic E-state index is -2.10. The number of carbonyl (C=O) groups excluding carboxylic acids is 1. The molecule has 0 aromatic heterocycles. The van der Waals surface area contributed by atoms with E-state index in [1.54, 1.807) is 0 Å². The number of anilines is 1. The van der Waals surface area contributed by atoms with Crippen molar-refractivity contribution in [1.82, 2.24) is 0 Å². The predicted molar refractivity (Wildman–Crippen MR) is 84.2 cm³/mol. The number of amides is 1. The highest BCUT2D eigenvalue weighted by Gasteiger charge is 2.30. The van der Waals surface area contributed by atoms with Crippen LogP contribution in [0.2, 0.25) is 10.0 Å². The van der Waals surface area contributed by atoms with Crippen LogP contribution in [0.15, 0.2) is 17.1 Å². The quantitative estimate of drug-likeness (QED) is 0.495. The summed E-state index contributed by atoms with van der Waals surface area (Å²) in [5.74, 6) is -0.851. The van der Waals surface area contributed by atoms with Crippen LogP contribution in [-0.4, -0.2) is 14.3 Å². The molecule has 10 heteroatoms. The molecule has 0 saturated carbocycles. The van der Waals surface area contributed by atoms with Crippen LogP contribution in [0.4, 0.5) is 11.4 Å². The van der Waals surface area contributed by atoms with Gasteiger partial charge in [-0.05, 0) is 35.3 Å². The van der Waals surface area contributed by atoms with E-state index in [1.165, 1.54) is 12.1 Å². The van der Waals surface area contributed by atoms with Crippen LogP contribution in [0.5, 0.6) is 0 Å². The highest BCUT2D eigenvalue weighted by atomic mass is 35.6. The van der Waals surface area contributed by atoms with Crippen molar-refractivity contribution in [1.29, 1.82) is 0 Å². The summed E-state index contributed by atoms with van der Waals surface area (Å²) in [6.45, 7) is 0. The number of halogens is 7. The first-order valence-corrected chi connectivity index (χ1v) is 7.02. The Morgan fingerprint density at radius 1 is 1.11 bits per heavy atom. The van der Waals surface area contributed by atoms with Gasteiger partial charge >= 0.3 is 0 Å². The molecule has 19 heavy (non-hydrogen) atoms. The third-order valence-electron chi connectivity index (χ3n) is 1.73. The minimum Gasteiger partial charge on any atom is -0.322 e. The van der Waals surface area contributed by atoms with E-state index in [2.05, 4.69) is 10.3 Å². The van der Waals surface area contributed by atoms with E-state index in [4.69, 9.17) is 81.2 Å². The molecule has 0 saturated heterocycles. The number of benzene rings is 1. The van der Waals surface area contributed by atoms with E-state index in [0.717, 1.165) is 0 Å². The van der Waals surface area contributed by atoms with Gasteiger partial charge in [0, 0.05) is 5.69 Å². The summed E-state index contributed by atoms with van der Waals surface area (Å²) in [6.07, 6.45) is 0. The molecule has 0 bridgehead atoms. The Morgan fingerprint density at radius 3 is 1.95 bits per heavy atom. The second-order valence-corrected chi connectivity index (χ2v) is 7.10. The zero-order valence-electron chi connectivity index (χ0n) is 8.66. The van der Waals surface area contributed by atoms with Crippen LogP contribution in [0.1, 0.15) is 0 Å². The standard InChI is InChI=1S/C9H3Cl7N2O/c10-4-1-3(17-7(19)9(14,15)16)2-5(11)6(4)18-8(12)13/h1-2H,(H,17,19). The molecular formula is C9H3Cl7N2O. The van der Waals surface area contributed by atoms with Gasteiger partial charge in [-0.15, -0.1) is 0 Å². The van der Waals surface area contributed by atoms with Crippen molar-refractivity contribution in [3.05, 3.63) is 22.2 Å². The minimum absolute atomic E-state index is 0.117. The van der Waals surface area contributed by atoms with Crippen molar-refractivity contribution in [2.45, 2.75) is 3.79 Å². The molecule has 0 aliphatic heterocycles. The molecule has 0 radical (unpaired) electrons. The van der Waals surface area contributed by atoms with Gasteiger partial charge in [0.05, 0.1) is 10.0 Å². The van der Waals surface area contributed by atoms with Gasteiger partial charge < -0.3 is 5.32 Å². The van der Waals surface area contributed by atoms with Gasteiger partial charge in [0.1, 0.15) is 5.69 Å². The van der Waals surface area contributed by atoms with Crippen LogP contribution >= 0.6 is 81.2 Å². The lowest BCUT2D eigenvalue weighted by Crippen LogP contribution is -2.26. The molecule has 1 aromatic rings. The van der Waals surface area contributed by atoms with Crippen molar-refractivity contribution in [3.63, 3.8) is 0 Å². The van der Waals surface area contributed by atoms with E-state index in [9.17, 15) is 4.79 Å². The average molecular weight is 403 g/mol. The number of nitrogens with zero attached hydrogens (tertiary/aromatic N) is 1. The molecule has 104 valence electrons. The van der Waals surface area contributed by atoms with Gasteiger partial charge in [-0.3, -0.25) is 4.79 Å². The Kier molecular flexibility index (Phi) is 6.33. The van der Waals surface area contributed by atoms with Crippen LogP contribution in [-0.2, 0) is 4.79 Å². The second-order valence-electron chi connectivity index (χ2n) is 3.09. The van der Waals surface area contributed by atoms with Gasteiger partial charge in [-0.25, -0.2) is 4.99 Å². The van der Waals surface area contributed by atoms with Crippen molar-refractivity contribution in [2.24, 2.45) is 4.99 Å². The fourth-order valence-corrected chi connectivity index (χ4v) is 1.91. The topological polar surface area (TPSA) is 41.5 Å². The Hall–Kier alpha value is 0.390. The smallest absolute Gasteiger partial charge is 0.276 e. The molecule has 0 spiro atoms. The van der Waals surface area contributed by atoms with E-state index in [0.29, 0.717) is 0 Å². The highest BCUT2D eigenvalue weighted by Crippen LogP contribution is 2.37. The molecule has 1 aromatic carbocycles. The van der Waals surface area contributed by atoms with Gasteiger partial charge in [-0.2, -0.15) is 0 Å². The molecule has 0 unspecified atom stereocenters. The third-order valence-corrected chi connectivity index (χ3v) is 2.99. The van der Waals surface area contributed by atoms with Gasteiger partial charge in [-0.1, -0.05) is 58.0 Å². The number of rotatable bonds is 2. The van der Waals surface area contributed by atoms with E-state index in [-0.39, 0.29) is 26.1 Å². The van der Waals surface area contributed by atoms with Gasteiger partial charge in [0.2, 0.25) is 0 Å².